The molecule has 1 N–H and O–H groups in total. The van der Waals surface area contributed by atoms with Gasteiger partial charge in [-0.3, -0.25) is 9.69 Å². The largest absolute Gasteiger partial charge is 0.481 e. The maximum atomic E-state index is 10.8. The molecule has 2 aliphatic rings. The van der Waals surface area contributed by atoms with Gasteiger partial charge in [0, 0.05) is 48.3 Å². The molecule has 1 aliphatic heterocycles. The number of rotatable bonds is 6. The summed E-state index contributed by atoms with van der Waals surface area (Å²) in [5.74, 6) is 6.51. The van der Waals surface area contributed by atoms with Gasteiger partial charge in [-0.2, -0.15) is 0 Å². The molecule has 30 heavy (non-hydrogen) atoms. The third-order valence-electron chi connectivity index (χ3n) is 6.04. The van der Waals surface area contributed by atoms with Crippen LogP contribution in [-0.4, -0.2) is 40.7 Å². The summed E-state index contributed by atoms with van der Waals surface area (Å²) in [4.78, 5) is 17.5. The van der Waals surface area contributed by atoms with Crippen LogP contribution in [0.2, 0.25) is 0 Å². The molecule has 0 unspecified atom stereocenters. The van der Waals surface area contributed by atoms with Crippen molar-refractivity contribution in [3.05, 3.63) is 58.3 Å². The zero-order valence-electron chi connectivity index (χ0n) is 17.7. The highest BCUT2D eigenvalue weighted by Gasteiger charge is 2.48. The first-order valence-corrected chi connectivity index (χ1v) is 10.7. The van der Waals surface area contributed by atoms with Crippen LogP contribution in [0.3, 0.4) is 0 Å². The predicted octanol–water partition coefficient (Wildman–Crippen LogP) is 3.90. The maximum absolute atomic E-state index is 10.8. The smallest absolute Gasteiger partial charge is 0.303 e. The molecule has 2 aromatic rings. The number of aliphatic carboxylic acids is 1. The monoisotopic (exact) mass is 404 g/mol. The summed E-state index contributed by atoms with van der Waals surface area (Å²) in [6, 6.07) is 8.49. The van der Waals surface area contributed by atoms with Crippen molar-refractivity contribution in [1.82, 2.24) is 9.88 Å². The molecule has 0 bridgehead atoms. The number of carbonyl (C=O) groups is 1. The van der Waals surface area contributed by atoms with Gasteiger partial charge in [-0.05, 0) is 68.5 Å². The molecule has 1 spiro atoms. The van der Waals surface area contributed by atoms with Crippen molar-refractivity contribution >= 4 is 5.97 Å². The summed E-state index contributed by atoms with van der Waals surface area (Å²) in [5, 5.41) is 8.89. The van der Waals surface area contributed by atoms with Gasteiger partial charge in [-0.15, -0.1) is 0 Å². The number of benzene rings is 1. The molecular weight excluding hydrogens is 376 g/mol. The van der Waals surface area contributed by atoms with Crippen molar-refractivity contribution in [2.75, 3.05) is 19.7 Å². The van der Waals surface area contributed by atoms with E-state index in [1.54, 1.807) is 6.20 Å². The van der Waals surface area contributed by atoms with Crippen LogP contribution >= 0.6 is 0 Å². The molecule has 5 nitrogen and oxygen atoms in total. The minimum absolute atomic E-state index is 0.241. The van der Waals surface area contributed by atoms with Crippen LogP contribution < -0.4 is 4.74 Å². The highest BCUT2D eigenvalue weighted by Crippen LogP contribution is 2.52. The third-order valence-corrected chi connectivity index (χ3v) is 6.04. The number of hydrogen-bond acceptors (Lipinski definition) is 4. The Hall–Kier alpha value is -2.84. The number of fused-ring (bicyclic) bond motifs is 2. The Bertz CT molecular complexity index is 1010. The second-order valence-corrected chi connectivity index (χ2v) is 8.38. The van der Waals surface area contributed by atoms with Crippen LogP contribution in [-0.2, 0) is 16.8 Å². The molecule has 5 heteroatoms. The van der Waals surface area contributed by atoms with Gasteiger partial charge in [0.15, 0.2) is 0 Å². The summed E-state index contributed by atoms with van der Waals surface area (Å²) in [7, 11) is 0. The standard InChI is InChI=1S/C25H28N2O3/c1-3-30-23-13-18(2)20(15-26-23)8-6-19-7-9-21-16-27(12-4-5-24(28)29)17-25(10-11-25)22(21)14-19/h7,9,13-15H,3-5,10-12,16-17H2,1-2H3,(H,28,29). The van der Waals surface area contributed by atoms with Crippen LogP contribution in [0.1, 0.15) is 60.4 Å². The lowest BCUT2D eigenvalue weighted by atomic mass is 9.85. The summed E-state index contributed by atoms with van der Waals surface area (Å²) in [5.41, 5.74) is 6.05. The van der Waals surface area contributed by atoms with Crippen molar-refractivity contribution in [2.45, 2.75) is 51.5 Å². The van der Waals surface area contributed by atoms with Gasteiger partial charge >= 0.3 is 5.97 Å². The van der Waals surface area contributed by atoms with Crippen LogP contribution in [0.5, 0.6) is 5.88 Å². The highest BCUT2D eigenvalue weighted by molar-refractivity contribution is 5.66. The molecule has 0 radical (unpaired) electrons. The fourth-order valence-corrected chi connectivity index (χ4v) is 4.31. The lowest BCUT2D eigenvalue weighted by Crippen LogP contribution is -2.38. The number of pyridine rings is 1. The lowest BCUT2D eigenvalue weighted by molar-refractivity contribution is -0.137. The van der Waals surface area contributed by atoms with E-state index in [-0.39, 0.29) is 11.8 Å². The van der Waals surface area contributed by atoms with Gasteiger partial charge in [0.2, 0.25) is 5.88 Å². The second-order valence-electron chi connectivity index (χ2n) is 8.38. The first kappa shape index (κ1) is 20.4. The number of carboxylic acids is 1. The van der Waals surface area contributed by atoms with Gasteiger partial charge < -0.3 is 9.84 Å². The fourth-order valence-electron chi connectivity index (χ4n) is 4.31. The van der Waals surface area contributed by atoms with E-state index < -0.39 is 5.97 Å². The number of carboxylic acid groups (broad SMARTS) is 1. The third kappa shape index (κ3) is 4.49. The molecule has 1 aromatic carbocycles. The molecule has 1 aromatic heterocycles. The van der Waals surface area contributed by atoms with E-state index in [9.17, 15) is 4.79 Å². The first-order chi connectivity index (χ1) is 14.5. The van der Waals surface area contributed by atoms with Crippen molar-refractivity contribution in [2.24, 2.45) is 0 Å². The van der Waals surface area contributed by atoms with Crippen LogP contribution in [0.25, 0.3) is 0 Å². The van der Waals surface area contributed by atoms with E-state index in [1.807, 2.05) is 19.9 Å². The average Bonchev–Trinajstić information content (AvgIpc) is 3.47. The summed E-state index contributed by atoms with van der Waals surface area (Å²) < 4.78 is 5.45. The Morgan fingerprint density at radius 2 is 2.13 bits per heavy atom. The van der Waals surface area contributed by atoms with E-state index in [4.69, 9.17) is 9.84 Å². The Morgan fingerprint density at radius 3 is 2.83 bits per heavy atom. The summed E-state index contributed by atoms with van der Waals surface area (Å²) in [6.07, 6.45) is 5.13. The zero-order valence-corrected chi connectivity index (χ0v) is 17.7. The maximum Gasteiger partial charge on any atom is 0.303 e. The first-order valence-electron chi connectivity index (χ1n) is 10.7. The van der Waals surface area contributed by atoms with Crippen molar-refractivity contribution in [3.8, 4) is 17.7 Å². The Balaban J connectivity index is 1.51. The SMILES string of the molecule is CCOc1cc(C)c(C#Cc2ccc3c(c2)C2(CC2)CN(CCCC(=O)O)C3)cn1. The predicted molar refractivity (Wildman–Crippen MR) is 116 cm³/mol. The van der Waals surface area contributed by atoms with Crippen LogP contribution in [0.15, 0.2) is 30.5 Å². The average molecular weight is 405 g/mol. The second kappa shape index (κ2) is 8.49. The normalized spacial score (nSPS) is 16.5. The van der Waals surface area contributed by atoms with E-state index >= 15 is 0 Å². The van der Waals surface area contributed by atoms with E-state index in [2.05, 4.69) is 39.9 Å². The van der Waals surface area contributed by atoms with E-state index in [1.165, 1.54) is 24.0 Å². The molecule has 0 amide bonds. The Morgan fingerprint density at radius 1 is 1.30 bits per heavy atom. The fraction of sp³-hybridized carbons (Fsp3) is 0.440. The molecule has 1 saturated carbocycles. The van der Waals surface area contributed by atoms with Gasteiger partial charge in [0.25, 0.3) is 0 Å². The van der Waals surface area contributed by atoms with Gasteiger partial charge in [0.1, 0.15) is 0 Å². The minimum Gasteiger partial charge on any atom is -0.481 e. The lowest BCUT2D eigenvalue weighted by Gasteiger charge is -2.35. The minimum atomic E-state index is -0.713. The molecule has 2 heterocycles. The Kier molecular flexibility index (Phi) is 5.78. The van der Waals surface area contributed by atoms with Gasteiger partial charge in [0.05, 0.1) is 6.61 Å². The van der Waals surface area contributed by atoms with E-state index in [0.717, 1.165) is 36.3 Å². The van der Waals surface area contributed by atoms with E-state index in [0.29, 0.717) is 18.9 Å². The number of aryl methyl sites for hydroxylation is 1. The van der Waals surface area contributed by atoms with Crippen LogP contribution in [0, 0.1) is 18.8 Å². The number of aromatic nitrogens is 1. The van der Waals surface area contributed by atoms with Crippen molar-refractivity contribution in [1.29, 1.82) is 0 Å². The summed E-state index contributed by atoms with van der Waals surface area (Å²) in [6.45, 7) is 7.34. The molecule has 156 valence electrons. The quantitative estimate of drug-likeness (QED) is 0.740. The number of nitrogens with zero attached hydrogens (tertiary/aromatic N) is 2. The van der Waals surface area contributed by atoms with Crippen molar-refractivity contribution < 1.29 is 14.6 Å². The number of hydrogen-bond donors (Lipinski definition) is 1. The number of ether oxygens (including phenoxy) is 1. The molecule has 1 fully saturated rings. The highest BCUT2D eigenvalue weighted by atomic mass is 16.5. The van der Waals surface area contributed by atoms with Gasteiger partial charge in [-0.1, -0.05) is 17.9 Å². The molecule has 0 saturated heterocycles. The molecule has 1 aliphatic carbocycles. The zero-order chi connectivity index (χ0) is 21.1. The van der Waals surface area contributed by atoms with Crippen molar-refractivity contribution in [3.63, 3.8) is 0 Å². The molecule has 0 atom stereocenters. The van der Waals surface area contributed by atoms with Crippen LogP contribution in [0.4, 0.5) is 0 Å². The van der Waals surface area contributed by atoms with Gasteiger partial charge in [-0.25, -0.2) is 4.98 Å². The Labute approximate surface area is 178 Å². The topological polar surface area (TPSA) is 62.7 Å². The summed E-state index contributed by atoms with van der Waals surface area (Å²) >= 11 is 0. The molecular formula is C25H28N2O3. The molecule has 4 rings (SSSR count).